The summed E-state index contributed by atoms with van der Waals surface area (Å²) in [7, 11) is 2.10. The van der Waals surface area contributed by atoms with Crippen molar-refractivity contribution in [2.75, 3.05) is 26.7 Å². The van der Waals surface area contributed by atoms with Crippen molar-refractivity contribution in [1.82, 2.24) is 4.90 Å². The van der Waals surface area contributed by atoms with Crippen LogP contribution in [0.3, 0.4) is 0 Å². The molecule has 1 rings (SSSR count). The Kier molecular flexibility index (Phi) is 5.18. The summed E-state index contributed by atoms with van der Waals surface area (Å²) < 4.78 is 5.64. The van der Waals surface area contributed by atoms with E-state index < -0.39 is 0 Å². The Hall–Kier alpha value is -1.53. The minimum atomic E-state index is 0.309. The van der Waals surface area contributed by atoms with Gasteiger partial charge in [0.25, 0.3) is 0 Å². The molecule has 3 nitrogen and oxygen atoms in total. The molecule has 0 spiro atoms. The van der Waals surface area contributed by atoms with E-state index >= 15 is 0 Å². The van der Waals surface area contributed by atoms with Gasteiger partial charge in [0, 0.05) is 13.1 Å². The van der Waals surface area contributed by atoms with Gasteiger partial charge in [0.15, 0.2) is 0 Å². The predicted molar refractivity (Wildman–Crippen MR) is 73.6 cm³/mol. The first-order valence-electron chi connectivity index (χ1n) is 6.22. The first-order chi connectivity index (χ1) is 8.40. The van der Waals surface area contributed by atoms with Crippen LogP contribution in [-0.4, -0.2) is 31.6 Å². The third-order valence-electron chi connectivity index (χ3n) is 2.47. The Morgan fingerprint density at radius 2 is 1.83 bits per heavy atom. The van der Waals surface area contributed by atoms with Gasteiger partial charge >= 0.3 is 0 Å². The Labute approximate surface area is 110 Å². The van der Waals surface area contributed by atoms with Crippen LogP contribution in [-0.2, 0) is 0 Å². The lowest BCUT2D eigenvalue weighted by Gasteiger charge is -2.26. The van der Waals surface area contributed by atoms with Crippen LogP contribution in [0.2, 0.25) is 0 Å². The van der Waals surface area contributed by atoms with Crippen LogP contribution < -0.4 is 4.74 Å². The summed E-state index contributed by atoms with van der Waals surface area (Å²) in [4.78, 5) is 2.27. The molecule has 0 aromatic heterocycles. The molecular weight excluding hydrogens is 224 g/mol. The van der Waals surface area contributed by atoms with E-state index in [9.17, 15) is 0 Å². The van der Waals surface area contributed by atoms with E-state index in [0.29, 0.717) is 17.6 Å². The van der Waals surface area contributed by atoms with Gasteiger partial charge in [-0.3, -0.25) is 0 Å². The van der Waals surface area contributed by atoms with E-state index in [-0.39, 0.29) is 0 Å². The van der Waals surface area contributed by atoms with Gasteiger partial charge in [0.2, 0.25) is 0 Å². The molecule has 0 unspecified atom stereocenters. The molecule has 98 valence electrons. The molecule has 0 aliphatic carbocycles. The molecule has 0 aliphatic heterocycles. The van der Waals surface area contributed by atoms with Crippen LogP contribution in [0.4, 0.5) is 0 Å². The fourth-order valence-electron chi connectivity index (χ4n) is 1.83. The van der Waals surface area contributed by atoms with Crippen LogP contribution in [0.5, 0.6) is 5.75 Å². The maximum absolute atomic E-state index is 8.69. The highest BCUT2D eigenvalue weighted by Gasteiger charge is 2.13. The third-order valence-corrected chi connectivity index (χ3v) is 2.47. The maximum atomic E-state index is 8.69. The Balaban J connectivity index is 2.31. The second kappa shape index (κ2) is 6.42. The number of hydrogen-bond donors (Lipinski definition) is 0. The summed E-state index contributed by atoms with van der Waals surface area (Å²) in [5, 5.41) is 8.69. The summed E-state index contributed by atoms with van der Waals surface area (Å²) in [6, 6.07) is 9.31. The molecule has 0 heterocycles. The summed E-state index contributed by atoms with van der Waals surface area (Å²) in [5.41, 5.74) is 0.968. The molecule has 18 heavy (non-hydrogen) atoms. The average Bonchev–Trinajstić information content (AvgIpc) is 2.27. The van der Waals surface area contributed by atoms with Gasteiger partial charge in [0.1, 0.15) is 12.4 Å². The normalized spacial score (nSPS) is 11.3. The van der Waals surface area contributed by atoms with E-state index in [0.717, 1.165) is 18.8 Å². The number of nitrogens with zero attached hydrogens (tertiary/aromatic N) is 2. The second-order valence-electron chi connectivity index (χ2n) is 5.78. The lowest BCUT2D eigenvalue weighted by atomic mass is 9.96. The van der Waals surface area contributed by atoms with Crippen molar-refractivity contribution in [3.05, 3.63) is 29.8 Å². The summed E-state index contributed by atoms with van der Waals surface area (Å²) in [5.74, 6) is 0.818. The summed E-state index contributed by atoms with van der Waals surface area (Å²) >= 11 is 0. The van der Waals surface area contributed by atoms with Crippen molar-refractivity contribution >= 4 is 0 Å². The Morgan fingerprint density at radius 3 is 2.33 bits per heavy atom. The number of hydrogen-bond acceptors (Lipinski definition) is 3. The highest BCUT2D eigenvalue weighted by molar-refractivity contribution is 5.34. The van der Waals surface area contributed by atoms with Gasteiger partial charge in [-0.2, -0.15) is 5.26 Å². The zero-order chi connectivity index (χ0) is 13.6. The summed E-state index contributed by atoms with van der Waals surface area (Å²) in [6.07, 6.45) is 0. The molecular formula is C15H22N2O. The van der Waals surface area contributed by atoms with Gasteiger partial charge in [-0.05, 0) is 36.7 Å². The third kappa shape index (κ3) is 5.70. The van der Waals surface area contributed by atoms with Crippen molar-refractivity contribution < 1.29 is 4.74 Å². The monoisotopic (exact) mass is 246 g/mol. The highest BCUT2D eigenvalue weighted by atomic mass is 16.5. The van der Waals surface area contributed by atoms with Gasteiger partial charge in [0.05, 0.1) is 11.6 Å². The average molecular weight is 246 g/mol. The molecule has 1 aromatic rings. The van der Waals surface area contributed by atoms with Crippen molar-refractivity contribution in [3.63, 3.8) is 0 Å². The zero-order valence-corrected chi connectivity index (χ0v) is 11.7. The topological polar surface area (TPSA) is 36.3 Å². The molecule has 0 amide bonds. The number of rotatable bonds is 5. The highest BCUT2D eigenvalue weighted by Crippen LogP contribution is 2.14. The first kappa shape index (κ1) is 14.5. The van der Waals surface area contributed by atoms with E-state index in [1.807, 2.05) is 12.1 Å². The molecule has 1 aromatic carbocycles. The zero-order valence-electron chi connectivity index (χ0n) is 11.7. The van der Waals surface area contributed by atoms with Gasteiger partial charge < -0.3 is 9.64 Å². The van der Waals surface area contributed by atoms with Crippen molar-refractivity contribution in [2.24, 2.45) is 5.41 Å². The fraction of sp³-hybridized carbons (Fsp3) is 0.533. The van der Waals surface area contributed by atoms with Crippen LogP contribution in [0, 0.1) is 16.7 Å². The fourth-order valence-corrected chi connectivity index (χ4v) is 1.83. The van der Waals surface area contributed by atoms with E-state index in [4.69, 9.17) is 10.00 Å². The molecule has 0 bridgehead atoms. The number of benzene rings is 1. The minimum absolute atomic E-state index is 0.309. The van der Waals surface area contributed by atoms with Crippen LogP contribution in [0.1, 0.15) is 26.3 Å². The van der Waals surface area contributed by atoms with Gasteiger partial charge in [-0.1, -0.05) is 20.8 Å². The lowest BCUT2D eigenvalue weighted by Crippen LogP contribution is -2.32. The molecule has 0 atom stereocenters. The lowest BCUT2D eigenvalue weighted by molar-refractivity contribution is 0.188. The summed E-state index contributed by atoms with van der Waals surface area (Å²) in [6.45, 7) is 9.29. The second-order valence-corrected chi connectivity index (χ2v) is 5.78. The standard InChI is InChI=1S/C15H22N2O/c1-15(2,3)12-17(4)9-10-18-14-7-5-13(11-16)6-8-14/h5-8H,9-10,12H2,1-4H3. The molecule has 3 heteroatoms. The largest absolute Gasteiger partial charge is 0.492 e. The molecule has 0 aliphatic rings. The van der Waals surface area contributed by atoms with Crippen LogP contribution in [0.15, 0.2) is 24.3 Å². The molecule has 0 saturated carbocycles. The van der Waals surface area contributed by atoms with Crippen molar-refractivity contribution in [3.8, 4) is 11.8 Å². The molecule has 0 radical (unpaired) electrons. The number of nitriles is 1. The Bertz CT molecular complexity index is 398. The smallest absolute Gasteiger partial charge is 0.119 e. The van der Waals surface area contributed by atoms with E-state index in [1.165, 1.54) is 0 Å². The first-order valence-corrected chi connectivity index (χ1v) is 6.22. The quantitative estimate of drug-likeness (QED) is 0.801. The number of ether oxygens (including phenoxy) is 1. The minimum Gasteiger partial charge on any atom is -0.492 e. The van der Waals surface area contributed by atoms with Gasteiger partial charge in [-0.25, -0.2) is 0 Å². The van der Waals surface area contributed by atoms with E-state index in [2.05, 4.69) is 38.8 Å². The van der Waals surface area contributed by atoms with Crippen LogP contribution >= 0.6 is 0 Å². The van der Waals surface area contributed by atoms with Crippen LogP contribution in [0.25, 0.3) is 0 Å². The molecule has 0 fully saturated rings. The van der Waals surface area contributed by atoms with E-state index in [1.54, 1.807) is 12.1 Å². The molecule has 0 N–H and O–H groups in total. The Morgan fingerprint density at radius 1 is 1.22 bits per heavy atom. The van der Waals surface area contributed by atoms with Gasteiger partial charge in [-0.15, -0.1) is 0 Å². The van der Waals surface area contributed by atoms with Crippen molar-refractivity contribution in [2.45, 2.75) is 20.8 Å². The SMILES string of the molecule is CN(CCOc1ccc(C#N)cc1)CC(C)(C)C. The van der Waals surface area contributed by atoms with Crippen molar-refractivity contribution in [1.29, 1.82) is 5.26 Å². The number of likely N-dealkylation sites (N-methyl/N-ethyl adjacent to an activating group) is 1. The molecule has 0 saturated heterocycles. The predicted octanol–water partition coefficient (Wildman–Crippen LogP) is 2.91. The maximum Gasteiger partial charge on any atom is 0.119 e.